The summed E-state index contributed by atoms with van der Waals surface area (Å²) in [5.74, 6) is 0.0629. The number of nitrogens with one attached hydrogen (secondary N) is 1. The van der Waals surface area contributed by atoms with Gasteiger partial charge in [-0.25, -0.2) is 33.8 Å². The molecule has 6 rings (SSSR count). The average Bonchev–Trinajstić information content (AvgIpc) is 3.61. The zero-order valence-electron chi connectivity index (χ0n) is 22.3. The maximum atomic E-state index is 13.7. The van der Waals surface area contributed by atoms with Gasteiger partial charge in [0.1, 0.15) is 48.5 Å². The summed E-state index contributed by atoms with van der Waals surface area (Å²) in [5, 5.41) is 22.3. The Hall–Kier alpha value is -2.56. The lowest BCUT2D eigenvalue weighted by Gasteiger charge is -2.27. The number of nitrogens with zero attached hydrogens (tertiary/aromatic N) is 5. The van der Waals surface area contributed by atoms with Crippen LogP contribution < -0.4 is 17.0 Å². The number of phosphoric ester groups is 1. The molecule has 240 valence electrons. The summed E-state index contributed by atoms with van der Waals surface area (Å²) < 4.78 is 67.7. The molecule has 0 spiro atoms. The highest BCUT2D eigenvalue weighted by molar-refractivity contribution is 8.44. The highest BCUT2D eigenvalue weighted by Gasteiger charge is 2.54. The first-order chi connectivity index (χ1) is 20.9. The summed E-state index contributed by atoms with van der Waals surface area (Å²) in [6, 6.07) is 0.997. The smallest absolute Gasteiger partial charge is 0.387 e. The fraction of sp³-hybridized carbons (Fsp3) is 0.550. The van der Waals surface area contributed by atoms with Gasteiger partial charge in [0, 0.05) is 12.3 Å². The molecule has 24 heteroatoms. The van der Waals surface area contributed by atoms with Gasteiger partial charge in [-0.2, -0.15) is 0 Å². The van der Waals surface area contributed by atoms with Gasteiger partial charge >= 0.3 is 20.3 Å². The molecule has 0 aliphatic carbocycles. The van der Waals surface area contributed by atoms with E-state index in [-0.39, 0.29) is 17.0 Å². The molecule has 0 amide bonds. The third kappa shape index (κ3) is 5.89. The molecule has 0 radical (unpaired) electrons. The number of anilines is 1. The van der Waals surface area contributed by atoms with Crippen molar-refractivity contribution in [2.45, 2.75) is 49.1 Å². The number of aromatic nitrogens is 6. The molecule has 6 heterocycles. The molecule has 10 atom stereocenters. The minimum atomic E-state index is -4.82. The third-order valence-corrected chi connectivity index (χ3v) is 9.79. The number of thiol groups is 1. The molecule has 0 aromatic carbocycles. The van der Waals surface area contributed by atoms with E-state index in [9.17, 15) is 28.9 Å². The molecule has 3 aromatic heterocycles. The van der Waals surface area contributed by atoms with E-state index >= 15 is 0 Å². The van der Waals surface area contributed by atoms with E-state index in [0.29, 0.717) is 0 Å². The van der Waals surface area contributed by atoms with E-state index in [2.05, 4.69) is 32.1 Å². The van der Waals surface area contributed by atoms with E-state index in [4.69, 9.17) is 38.0 Å². The van der Waals surface area contributed by atoms with Crippen LogP contribution in [0.3, 0.4) is 0 Å². The summed E-state index contributed by atoms with van der Waals surface area (Å²) in [6.45, 7) is -5.75. The number of imidazole rings is 1. The Morgan fingerprint density at radius 2 is 1.77 bits per heavy atom. The highest BCUT2D eigenvalue weighted by Crippen LogP contribution is 2.59. The van der Waals surface area contributed by atoms with E-state index in [1.54, 1.807) is 0 Å². The number of hydrogen-bond donors (Lipinski definition) is 5. The van der Waals surface area contributed by atoms with Crippen LogP contribution in [0.2, 0.25) is 0 Å². The monoisotopic (exact) mass is 681 g/mol. The molecule has 0 saturated carbocycles. The number of H-pyrrole nitrogens is 1. The number of nitrogen functional groups attached to an aromatic ring is 1. The number of phosphoric acid groups is 1. The number of aromatic amines is 1. The quantitative estimate of drug-likeness (QED) is 0.0957. The SMILES string of the molecule is COOP1(=O)OC[C@H]2O[C@@H](n3cnc4c(N)ncnc43)[C@H](O)[C@@H]2OP(=O)(S)OC[C@H]2O[C@@H](n3ccc(=O)[nH]c3=O)[C@H](O1)[C@@H]2O. The number of nitrogens with two attached hydrogens (primary N) is 1. The average molecular weight is 681 g/mol. The maximum absolute atomic E-state index is 13.7. The molecular weight excluding hydrogens is 656 g/mol. The third-order valence-electron chi connectivity index (χ3n) is 6.88. The summed E-state index contributed by atoms with van der Waals surface area (Å²) in [7, 11) is -3.82. The molecule has 3 aliphatic heterocycles. The maximum Gasteiger partial charge on any atom is 0.502 e. The lowest BCUT2D eigenvalue weighted by molar-refractivity contribution is -0.209. The van der Waals surface area contributed by atoms with Crippen LogP contribution in [0.15, 0.2) is 34.5 Å². The second kappa shape index (κ2) is 12.0. The fourth-order valence-corrected chi connectivity index (χ4v) is 7.59. The molecule has 21 nitrogen and oxygen atoms in total. The first kappa shape index (κ1) is 31.4. The van der Waals surface area contributed by atoms with Crippen LogP contribution in [-0.2, 0) is 46.3 Å². The van der Waals surface area contributed by atoms with Gasteiger partial charge in [0.25, 0.3) is 5.56 Å². The standard InChI is InChI=1S/C20H25N7O14P2S/c1-34-41-42(32)35-5-9-14(13(30)18(38-9)27-7-24-11-16(21)22-6-23-17(11)27)40-43(33,44)36-4-8-12(29)15(39-42)19(37-8)26-3-2-10(28)25-20(26)31/h2-3,6-9,12-15,18-19,29-30H,4-5H2,1H3,(H,33,44)(H2,21,22,23)(H,25,28,31)/t8-,9-,12-,13-,14-,15-,18-,19-,42?,43?/m1/s1. The highest BCUT2D eigenvalue weighted by atomic mass is 32.7. The van der Waals surface area contributed by atoms with Gasteiger partial charge in [-0.05, 0) is 0 Å². The molecule has 5 N–H and O–H groups in total. The normalized spacial score (nSPS) is 38.1. The van der Waals surface area contributed by atoms with Gasteiger partial charge in [-0.1, -0.05) is 12.2 Å². The Morgan fingerprint density at radius 1 is 1.02 bits per heavy atom. The van der Waals surface area contributed by atoms with Crippen molar-refractivity contribution in [2.24, 2.45) is 0 Å². The van der Waals surface area contributed by atoms with Crippen LogP contribution >= 0.6 is 26.9 Å². The number of rotatable bonds is 4. The van der Waals surface area contributed by atoms with Crippen molar-refractivity contribution in [3.8, 4) is 0 Å². The van der Waals surface area contributed by atoms with Crippen molar-refractivity contribution in [3.05, 3.63) is 45.8 Å². The Morgan fingerprint density at radius 3 is 2.52 bits per heavy atom. The lowest BCUT2D eigenvalue weighted by atomic mass is 10.1. The molecule has 3 aliphatic rings. The first-order valence-electron chi connectivity index (χ1n) is 12.6. The number of fused-ring (bicyclic) bond motifs is 4. The zero-order valence-corrected chi connectivity index (χ0v) is 25.0. The number of ether oxygens (including phenoxy) is 2. The minimum absolute atomic E-state index is 0.0629. The minimum Gasteiger partial charge on any atom is -0.387 e. The van der Waals surface area contributed by atoms with Crippen LogP contribution in [0.4, 0.5) is 5.82 Å². The van der Waals surface area contributed by atoms with Gasteiger partial charge in [0.15, 0.2) is 23.9 Å². The molecule has 2 bridgehead atoms. The van der Waals surface area contributed by atoms with Crippen molar-refractivity contribution in [2.75, 3.05) is 26.1 Å². The van der Waals surface area contributed by atoms with Crippen molar-refractivity contribution in [1.29, 1.82) is 0 Å². The summed E-state index contributed by atoms with van der Waals surface area (Å²) in [5.41, 5.74) is 4.57. The van der Waals surface area contributed by atoms with Gasteiger partial charge in [-0.3, -0.25) is 37.0 Å². The predicted molar refractivity (Wildman–Crippen MR) is 145 cm³/mol. The summed E-state index contributed by atoms with van der Waals surface area (Å²) in [4.78, 5) is 42.8. The van der Waals surface area contributed by atoms with Gasteiger partial charge in [-0.15, -0.1) is 4.67 Å². The Kier molecular flexibility index (Phi) is 8.56. The van der Waals surface area contributed by atoms with Gasteiger partial charge in [0.2, 0.25) is 0 Å². The molecule has 44 heavy (non-hydrogen) atoms. The van der Waals surface area contributed by atoms with E-state index < -0.39 is 88.2 Å². The summed E-state index contributed by atoms with van der Waals surface area (Å²) in [6.07, 6.45) is -8.51. The Labute approximate surface area is 250 Å². The van der Waals surface area contributed by atoms with Crippen LogP contribution in [0, 0.1) is 0 Å². The van der Waals surface area contributed by atoms with E-state index in [0.717, 1.165) is 23.9 Å². The van der Waals surface area contributed by atoms with E-state index in [1.165, 1.54) is 17.2 Å². The molecule has 3 fully saturated rings. The number of aliphatic hydroxyl groups excluding tert-OH is 2. The van der Waals surface area contributed by atoms with Gasteiger partial charge in [0.05, 0.1) is 26.7 Å². The van der Waals surface area contributed by atoms with Crippen LogP contribution in [0.5, 0.6) is 0 Å². The molecular formula is C20H25N7O14P2S. The van der Waals surface area contributed by atoms with Crippen LogP contribution in [0.1, 0.15) is 12.5 Å². The lowest BCUT2D eigenvalue weighted by Crippen LogP contribution is -2.39. The van der Waals surface area contributed by atoms with Crippen molar-refractivity contribution < 1.29 is 56.5 Å². The van der Waals surface area contributed by atoms with Crippen LogP contribution in [-0.4, -0.2) is 96.2 Å². The summed E-state index contributed by atoms with van der Waals surface area (Å²) >= 11 is 4.00. The van der Waals surface area contributed by atoms with Crippen molar-refractivity contribution in [1.82, 2.24) is 29.1 Å². The molecule has 3 saturated heterocycles. The van der Waals surface area contributed by atoms with Crippen molar-refractivity contribution >= 4 is 43.9 Å². The predicted octanol–water partition coefficient (Wildman–Crippen LogP) is -0.983. The fourth-order valence-electron chi connectivity index (χ4n) is 4.92. The topological polar surface area (TPSA) is 273 Å². The van der Waals surface area contributed by atoms with Gasteiger partial charge < -0.3 is 25.4 Å². The first-order valence-corrected chi connectivity index (χ1v) is 16.8. The Bertz CT molecular complexity index is 1760. The molecule has 3 aromatic rings. The molecule has 2 unspecified atom stereocenters. The Balaban J connectivity index is 1.34. The zero-order chi connectivity index (χ0) is 31.4. The largest absolute Gasteiger partial charge is 0.502 e. The van der Waals surface area contributed by atoms with Crippen molar-refractivity contribution in [3.63, 3.8) is 0 Å². The second-order valence-electron chi connectivity index (χ2n) is 9.60. The second-order valence-corrected chi connectivity index (χ2v) is 14.0. The van der Waals surface area contributed by atoms with E-state index in [1.807, 2.05) is 4.98 Å². The van der Waals surface area contributed by atoms with Crippen LogP contribution in [0.25, 0.3) is 11.2 Å². The number of hydrogen-bond acceptors (Lipinski definition) is 18. The number of aliphatic hydroxyl groups is 2.